The Hall–Kier alpha value is -0.260. The molecule has 0 radical (unpaired) electrons. The first-order valence-electron chi connectivity index (χ1n) is 2.69. The summed E-state index contributed by atoms with van der Waals surface area (Å²) in [5.74, 6) is 2.55. The summed E-state index contributed by atoms with van der Waals surface area (Å²) in [5, 5.41) is 3.05. The van der Waals surface area contributed by atoms with Crippen LogP contribution in [-0.4, -0.2) is 12.6 Å². The van der Waals surface area contributed by atoms with Crippen LogP contribution in [0.3, 0.4) is 0 Å². The van der Waals surface area contributed by atoms with E-state index in [1.807, 2.05) is 6.92 Å². The fourth-order valence-electron chi connectivity index (χ4n) is 0.323. The molecule has 0 aliphatic rings. The zero-order chi connectivity index (χ0) is 7.28. The van der Waals surface area contributed by atoms with Gasteiger partial charge in [0, 0.05) is 11.0 Å². The van der Waals surface area contributed by atoms with Gasteiger partial charge >= 0.3 is 0 Å². The van der Waals surface area contributed by atoms with E-state index in [9.17, 15) is 0 Å². The number of hydrogen-bond donors (Lipinski definition) is 1. The summed E-state index contributed by atoms with van der Waals surface area (Å²) in [5.41, 5.74) is 0. The molecule has 0 aromatic carbocycles. The molecule has 0 aliphatic heterocycles. The van der Waals surface area contributed by atoms with Crippen LogP contribution in [0.15, 0.2) is 11.1 Å². The van der Waals surface area contributed by atoms with Crippen LogP contribution >= 0.6 is 15.9 Å². The zero-order valence-electron chi connectivity index (χ0n) is 5.45. The lowest BCUT2D eigenvalue weighted by molar-refractivity contribution is 0.701. The summed E-state index contributed by atoms with van der Waals surface area (Å²) >= 11 is 3.21. The Kier molecular flexibility index (Phi) is 4.47. The van der Waals surface area contributed by atoms with Crippen molar-refractivity contribution in [3.63, 3.8) is 0 Å². The third-order valence-electron chi connectivity index (χ3n) is 0.850. The molecule has 0 aromatic rings. The molecule has 0 saturated carbocycles. The minimum absolute atomic E-state index is 0.124. The van der Waals surface area contributed by atoms with Gasteiger partial charge in [-0.2, -0.15) is 0 Å². The lowest BCUT2D eigenvalue weighted by Gasteiger charge is -2.04. The molecule has 2 heteroatoms. The van der Waals surface area contributed by atoms with Crippen LogP contribution in [0.4, 0.5) is 0 Å². The van der Waals surface area contributed by atoms with Crippen molar-refractivity contribution in [1.29, 1.82) is 0 Å². The van der Waals surface area contributed by atoms with Gasteiger partial charge in [-0.15, -0.1) is 6.42 Å². The van der Waals surface area contributed by atoms with Gasteiger partial charge in [0.05, 0.1) is 6.04 Å². The van der Waals surface area contributed by atoms with E-state index < -0.39 is 0 Å². The topological polar surface area (TPSA) is 12.0 Å². The standard InChI is InChI=1S/C7H10BrN/c1-4-7(3)9-5-6(2)8/h1,7,9H,2,5H2,3H3. The van der Waals surface area contributed by atoms with Crippen molar-refractivity contribution in [3.8, 4) is 12.3 Å². The van der Waals surface area contributed by atoms with Crippen LogP contribution in [0.5, 0.6) is 0 Å². The molecule has 0 bridgehead atoms. The smallest absolute Gasteiger partial charge is 0.0661 e. The monoisotopic (exact) mass is 187 g/mol. The van der Waals surface area contributed by atoms with Gasteiger partial charge < -0.3 is 0 Å². The van der Waals surface area contributed by atoms with Gasteiger partial charge in [-0.1, -0.05) is 28.4 Å². The summed E-state index contributed by atoms with van der Waals surface area (Å²) in [6.45, 7) is 6.30. The fraction of sp³-hybridized carbons (Fsp3) is 0.429. The summed E-state index contributed by atoms with van der Waals surface area (Å²) in [4.78, 5) is 0. The van der Waals surface area contributed by atoms with Gasteiger partial charge in [-0.3, -0.25) is 5.32 Å². The van der Waals surface area contributed by atoms with Gasteiger partial charge in [0.2, 0.25) is 0 Å². The van der Waals surface area contributed by atoms with Crippen molar-refractivity contribution in [2.45, 2.75) is 13.0 Å². The first-order chi connectivity index (χ1) is 4.16. The normalized spacial score (nSPS) is 12.1. The Labute approximate surface area is 64.7 Å². The highest BCUT2D eigenvalue weighted by atomic mass is 79.9. The number of rotatable bonds is 3. The van der Waals surface area contributed by atoms with Crippen LogP contribution < -0.4 is 5.32 Å². The lowest BCUT2D eigenvalue weighted by atomic mass is 10.3. The molecule has 0 spiro atoms. The number of hydrogen-bond acceptors (Lipinski definition) is 1. The number of terminal acetylenes is 1. The highest BCUT2D eigenvalue weighted by molar-refractivity contribution is 9.11. The second kappa shape index (κ2) is 4.60. The van der Waals surface area contributed by atoms with E-state index >= 15 is 0 Å². The second-order valence-electron chi connectivity index (χ2n) is 1.79. The van der Waals surface area contributed by atoms with Crippen molar-refractivity contribution in [3.05, 3.63) is 11.1 Å². The molecule has 50 valence electrons. The predicted molar refractivity (Wildman–Crippen MR) is 44.4 cm³/mol. The predicted octanol–water partition coefficient (Wildman–Crippen LogP) is 1.51. The molecule has 1 atom stereocenters. The quantitative estimate of drug-likeness (QED) is 0.662. The van der Waals surface area contributed by atoms with Crippen LogP contribution in [0, 0.1) is 12.3 Å². The highest BCUT2D eigenvalue weighted by Crippen LogP contribution is 1.96. The maximum absolute atomic E-state index is 5.10. The largest absolute Gasteiger partial charge is 0.299 e. The highest BCUT2D eigenvalue weighted by Gasteiger charge is 1.92. The summed E-state index contributed by atoms with van der Waals surface area (Å²) < 4.78 is 0.921. The lowest BCUT2D eigenvalue weighted by Crippen LogP contribution is -2.24. The van der Waals surface area contributed by atoms with Crippen LogP contribution in [0.1, 0.15) is 6.92 Å². The van der Waals surface area contributed by atoms with E-state index in [1.54, 1.807) is 0 Å². The number of nitrogens with one attached hydrogen (secondary N) is 1. The van der Waals surface area contributed by atoms with Crippen molar-refractivity contribution in [1.82, 2.24) is 5.32 Å². The maximum Gasteiger partial charge on any atom is 0.0661 e. The molecule has 0 amide bonds. The fourth-order valence-corrected chi connectivity index (χ4v) is 0.485. The molecule has 0 rings (SSSR count). The van der Waals surface area contributed by atoms with E-state index in [-0.39, 0.29) is 6.04 Å². The molecule has 0 aliphatic carbocycles. The van der Waals surface area contributed by atoms with Crippen molar-refractivity contribution < 1.29 is 0 Å². The van der Waals surface area contributed by atoms with Crippen LogP contribution in [0.2, 0.25) is 0 Å². The first kappa shape index (κ1) is 8.74. The second-order valence-corrected chi connectivity index (χ2v) is 2.91. The Morgan fingerprint density at radius 1 is 2.00 bits per heavy atom. The average Bonchev–Trinajstić information content (AvgIpc) is 1.83. The molecule has 1 nitrogen and oxygen atoms in total. The molecule has 0 saturated heterocycles. The molecule has 0 fully saturated rings. The van der Waals surface area contributed by atoms with Crippen molar-refractivity contribution >= 4 is 15.9 Å². The molecule has 0 heterocycles. The molecule has 1 N–H and O–H groups in total. The minimum atomic E-state index is 0.124. The van der Waals surface area contributed by atoms with Crippen molar-refractivity contribution in [2.24, 2.45) is 0 Å². The SMILES string of the molecule is C#CC(C)NCC(=C)Br. The van der Waals surface area contributed by atoms with Crippen LogP contribution in [-0.2, 0) is 0 Å². The molecule has 1 unspecified atom stereocenters. The summed E-state index contributed by atoms with van der Waals surface area (Å²) in [6, 6.07) is 0.124. The van der Waals surface area contributed by atoms with E-state index in [2.05, 4.69) is 33.7 Å². The van der Waals surface area contributed by atoms with E-state index in [0.717, 1.165) is 11.0 Å². The third-order valence-corrected chi connectivity index (χ3v) is 1.13. The zero-order valence-corrected chi connectivity index (χ0v) is 7.03. The molecular formula is C7H10BrN. The van der Waals surface area contributed by atoms with Crippen molar-refractivity contribution in [2.75, 3.05) is 6.54 Å². The molecule has 0 aromatic heterocycles. The van der Waals surface area contributed by atoms with Gasteiger partial charge in [0.25, 0.3) is 0 Å². The Morgan fingerprint density at radius 3 is 2.89 bits per heavy atom. The third kappa shape index (κ3) is 5.61. The number of halogens is 1. The maximum atomic E-state index is 5.10. The van der Waals surface area contributed by atoms with Gasteiger partial charge in [-0.25, -0.2) is 0 Å². The van der Waals surface area contributed by atoms with E-state index in [4.69, 9.17) is 6.42 Å². The summed E-state index contributed by atoms with van der Waals surface area (Å²) in [6.07, 6.45) is 5.10. The molecule has 9 heavy (non-hydrogen) atoms. The van der Waals surface area contributed by atoms with E-state index in [1.165, 1.54) is 0 Å². The average molecular weight is 188 g/mol. The minimum Gasteiger partial charge on any atom is -0.299 e. The Balaban J connectivity index is 3.30. The Morgan fingerprint density at radius 2 is 2.56 bits per heavy atom. The first-order valence-corrected chi connectivity index (χ1v) is 3.49. The van der Waals surface area contributed by atoms with Gasteiger partial charge in [0.15, 0.2) is 0 Å². The molecular weight excluding hydrogens is 178 g/mol. The van der Waals surface area contributed by atoms with Gasteiger partial charge in [-0.05, 0) is 6.92 Å². The van der Waals surface area contributed by atoms with Gasteiger partial charge in [0.1, 0.15) is 0 Å². The van der Waals surface area contributed by atoms with E-state index in [0.29, 0.717) is 0 Å². The van der Waals surface area contributed by atoms with Crippen LogP contribution in [0.25, 0.3) is 0 Å². The Bertz CT molecular complexity index is 134. The summed E-state index contributed by atoms with van der Waals surface area (Å²) in [7, 11) is 0.